The van der Waals surface area contributed by atoms with Crippen LogP contribution < -0.4 is 9.50 Å². The highest BCUT2D eigenvalue weighted by molar-refractivity contribution is 7.81. The molecule has 0 spiro atoms. The number of hydrogen-bond donors (Lipinski definition) is 1. The first kappa shape index (κ1) is 19.2. The Bertz CT molecular complexity index is 924. The van der Waals surface area contributed by atoms with Crippen molar-refractivity contribution >= 4 is 22.2 Å². The molecular formula is C19H21FN2O4S. The van der Waals surface area contributed by atoms with Gasteiger partial charge in [-0.1, -0.05) is 33.2 Å². The van der Waals surface area contributed by atoms with Crippen molar-refractivity contribution in [3.63, 3.8) is 0 Å². The van der Waals surface area contributed by atoms with E-state index in [2.05, 4.69) is 27.7 Å². The molecule has 3 rings (SSSR count). The first-order valence-corrected chi connectivity index (χ1v) is 9.92. The Labute approximate surface area is 158 Å². The number of hydrogen-bond acceptors (Lipinski definition) is 4. The maximum absolute atomic E-state index is 12.7. The fraction of sp³-hybridized carbons (Fsp3) is 0.316. The number of rotatable bonds is 4. The lowest BCUT2D eigenvalue weighted by Gasteiger charge is -2.26. The Kier molecular flexibility index (Phi) is 5.36. The van der Waals surface area contributed by atoms with Gasteiger partial charge in [0.15, 0.2) is 0 Å². The largest absolute Gasteiger partial charge is 0.488 e. The predicted molar refractivity (Wildman–Crippen MR) is 101 cm³/mol. The topological polar surface area (TPSA) is 75.7 Å². The van der Waals surface area contributed by atoms with Crippen LogP contribution in [0.1, 0.15) is 35.6 Å². The third-order valence-electron chi connectivity index (χ3n) is 4.44. The third-order valence-corrected chi connectivity index (χ3v) is 4.84. The van der Waals surface area contributed by atoms with Crippen molar-refractivity contribution in [2.24, 2.45) is 0 Å². The van der Waals surface area contributed by atoms with Crippen LogP contribution in [0.2, 0.25) is 0 Å². The molecule has 27 heavy (non-hydrogen) atoms. The van der Waals surface area contributed by atoms with Crippen LogP contribution in [0.15, 0.2) is 42.5 Å². The zero-order valence-electron chi connectivity index (χ0n) is 15.1. The molecular weight excluding hydrogens is 371 g/mol. The highest BCUT2D eigenvalue weighted by atomic mass is 32.3. The van der Waals surface area contributed by atoms with Gasteiger partial charge in [0.25, 0.3) is 0 Å². The Morgan fingerprint density at radius 3 is 2.37 bits per heavy atom. The first-order valence-electron chi connectivity index (χ1n) is 8.61. The summed E-state index contributed by atoms with van der Waals surface area (Å²) in [5, 5.41) is 2.79. The zero-order valence-corrected chi connectivity index (χ0v) is 15.9. The average molecular weight is 392 g/mol. The third kappa shape index (κ3) is 4.97. The Balaban J connectivity index is 1.71. The predicted octanol–water partition coefficient (Wildman–Crippen LogP) is 4.27. The number of nitrogens with zero attached hydrogens (tertiary/aromatic N) is 1. The Morgan fingerprint density at radius 2 is 1.78 bits per heavy atom. The van der Waals surface area contributed by atoms with Crippen molar-refractivity contribution in [3.8, 4) is 5.75 Å². The summed E-state index contributed by atoms with van der Waals surface area (Å²) in [6.45, 7) is 4.74. The van der Waals surface area contributed by atoms with Crippen LogP contribution in [0.4, 0.5) is 14.4 Å². The highest BCUT2D eigenvalue weighted by Crippen LogP contribution is 2.33. The minimum atomic E-state index is -5.07. The van der Waals surface area contributed by atoms with E-state index in [0.29, 0.717) is 12.2 Å². The standard InChI is InChI=1S/C19H21FN2O4S/c1-13-10-14(2)12-15(11-13)18-4-3-9-22(18)19(23)21-16-5-7-17(8-6-16)26-27(20,24)25/h5-8,10-12,18H,3-4,9H2,1-2H3,(H,21,23). The molecule has 2 aromatic rings. The lowest BCUT2D eigenvalue weighted by atomic mass is 10.00. The van der Waals surface area contributed by atoms with Crippen molar-refractivity contribution in [1.29, 1.82) is 0 Å². The number of aryl methyl sites for hydroxylation is 2. The number of carbonyl (C=O) groups is 1. The number of anilines is 1. The van der Waals surface area contributed by atoms with E-state index in [-0.39, 0.29) is 17.8 Å². The van der Waals surface area contributed by atoms with E-state index in [9.17, 15) is 17.1 Å². The summed E-state index contributed by atoms with van der Waals surface area (Å²) in [6, 6.07) is 11.6. The molecule has 1 heterocycles. The molecule has 6 nitrogen and oxygen atoms in total. The SMILES string of the molecule is Cc1cc(C)cc(C2CCCN2C(=O)Nc2ccc(OS(=O)(=O)F)cc2)c1. The summed E-state index contributed by atoms with van der Waals surface area (Å²) in [4.78, 5) is 14.5. The maximum Gasteiger partial charge on any atom is 0.488 e. The fourth-order valence-electron chi connectivity index (χ4n) is 3.46. The summed E-state index contributed by atoms with van der Waals surface area (Å²) < 4.78 is 37.6. The molecule has 0 aromatic heterocycles. The van der Waals surface area contributed by atoms with Gasteiger partial charge in [-0.25, -0.2) is 4.79 Å². The van der Waals surface area contributed by atoms with Gasteiger partial charge < -0.3 is 14.4 Å². The van der Waals surface area contributed by atoms with Gasteiger partial charge in [0.1, 0.15) is 5.75 Å². The molecule has 1 unspecified atom stereocenters. The second kappa shape index (κ2) is 7.56. The summed E-state index contributed by atoms with van der Waals surface area (Å²) in [6.07, 6.45) is 1.82. The molecule has 8 heteroatoms. The van der Waals surface area contributed by atoms with Gasteiger partial charge in [-0.05, 0) is 56.5 Å². The van der Waals surface area contributed by atoms with Crippen molar-refractivity contribution in [2.45, 2.75) is 32.7 Å². The lowest BCUT2D eigenvalue weighted by molar-refractivity contribution is 0.207. The van der Waals surface area contributed by atoms with Gasteiger partial charge >= 0.3 is 16.5 Å². The molecule has 2 amide bonds. The molecule has 1 saturated heterocycles. The van der Waals surface area contributed by atoms with E-state index in [0.717, 1.165) is 29.5 Å². The summed E-state index contributed by atoms with van der Waals surface area (Å²) in [5.74, 6) is -0.162. The van der Waals surface area contributed by atoms with Crippen LogP contribution >= 0.6 is 0 Å². The van der Waals surface area contributed by atoms with E-state index < -0.39 is 10.5 Å². The van der Waals surface area contributed by atoms with Crippen LogP contribution in [0.3, 0.4) is 0 Å². The van der Waals surface area contributed by atoms with Crippen LogP contribution in [0.5, 0.6) is 5.75 Å². The van der Waals surface area contributed by atoms with Gasteiger partial charge in [0, 0.05) is 12.2 Å². The second-order valence-corrected chi connectivity index (χ2v) is 7.66. The quantitative estimate of drug-likeness (QED) is 0.789. The number of amides is 2. The Hall–Kier alpha value is -2.61. The highest BCUT2D eigenvalue weighted by Gasteiger charge is 2.30. The molecule has 0 bridgehead atoms. The number of urea groups is 1. The minimum Gasteiger partial charge on any atom is -0.358 e. The van der Waals surface area contributed by atoms with Crippen LogP contribution in [-0.4, -0.2) is 25.9 Å². The first-order chi connectivity index (χ1) is 12.7. The van der Waals surface area contributed by atoms with E-state index >= 15 is 0 Å². The molecule has 0 saturated carbocycles. The smallest absolute Gasteiger partial charge is 0.358 e. The average Bonchev–Trinajstić information content (AvgIpc) is 3.04. The van der Waals surface area contributed by atoms with Gasteiger partial charge in [-0.2, -0.15) is 8.42 Å². The van der Waals surface area contributed by atoms with Crippen LogP contribution in [0, 0.1) is 13.8 Å². The lowest BCUT2D eigenvalue weighted by Crippen LogP contribution is -2.34. The molecule has 1 aliphatic rings. The molecule has 0 aliphatic carbocycles. The van der Waals surface area contributed by atoms with Crippen molar-refractivity contribution in [2.75, 3.05) is 11.9 Å². The maximum atomic E-state index is 12.7. The molecule has 1 N–H and O–H groups in total. The van der Waals surface area contributed by atoms with E-state index in [1.165, 1.54) is 24.3 Å². The molecule has 1 fully saturated rings. The van der Waals surface area contributed by atoms with Gasteiger partial charge in [0.2, 0.25) is 0 Å². The van der Waals surface area contributed by atoms with Crippen LogP contribution in [0.25, 0.3) is 0 Å². The summed E-state index contributed by atoms with van der Waals surface area (Å²) in [7, 11) is -5.07. The summed E-state index contributed by atoms with van der Waals surface area (Å²) >= 11 is 0. The Morgan fingerprint density at radius 1 is 1.15 bits per heavy atom. The molecule has 144 valence electrons. The molecule has 2 aromatic carbocycles. The van der Waals surface area contributed by atoms with Crippen molar-refractivity contribution in [1.82, 2.24) is 4.90 Å². The van der Waals surface area contributed by atoms with Crippen molar-refractivity contribution in [3.05, 3.63) is 59.2 Å². The number of nitrogens with one attached hydrogen (secondary N) is 1. The van der Waals surface area contributed by atoms with E-state index in [4.69, 9.17) is 0 Å². The van der Waals surface area contributed by atoms with Crippen LogP contribution in [-0.2, 0) is 10.5 Å². The molecule has 1 aliphatic heterocycles. The van der Waals surface area contributed by atoms with Gasteiger partial charge in [-0.15, -0.1) is 0 Å². The number of benzene rings is 2. The zero-order chi connectivity index (χ0) is 19.6. The van der Waals surface area contributed by atoms with Crippen molar-refractivity contribution < 1.29 is 21.3 Å². The summed E-state index contributed by atoms with van der Waals surface area (Å²) in [5.41, 5.74) is 3.91. The fourth-order valence-corrected chi connectivity index (χ4v) is 3.80. The normalized spacial score (nSPS) is 17.0. The van der Waals surface area contributed by atoms with Gasteiger partial charge in [0.05, 0.1) is 6.04 Å². The minimum absolute atomic E-state index is 0.0166. The van der Waals surface area contributed by atoms with Gasteiger partial charge in [-0.3, -0.25) is 0 Å². The monoisotopic (exact) mass is 392 g/mol. The molecule has 1 atom stereocenters. The van der Waals surface area contributed by atoms with E-state index in [1.807, 2.05) is 13.8 Å². The second-order valence-electron chi connectivity index (χ2n) is 6.70. The number of halogens is 1. The number of likely N-dealkylation sites (tertiary alicyclic amines) is 1. The van der Waals surface area contributed by atoms with E-state index in [1.54, 1.807) is 4.90 Å². The number of carbonyl (C=O) groups excluding carboxylic acids is 1. The molecule has 0 radical (unpaired) electrons.